The lowest BCUT2D eigenvalue weighted by Gasteiger charge is -2.20. The molecule has 0 bridgehead atoms. The van der Waals surface area contributed by atoms with Crippen molar-refractivity contribution in [2.45, 2.75) is 19.9 Å². The second-order valence-corrected chi connectivity index (χ2v) is 6.55. The Bertz CT molecular complexity index is 695. The average Bonchev–Trinajstić information content (AvgIpc) is 3.07. The minimum atomic E-state index is -0.153. The zero-order valence-electron chi connectivity index (χ0n) is 13.8. The van der Waals surface area contributed by atoms with Gasteiger partial charge in [-0.1, -0.05) is 29.8 Å². The Morgan fingerprint density at radius 2 is 2.12 bits per heavy atom. The highest BCUT2D eigenvalue weighted by Crippen LogP contribution is 2.12. The number of nitrogens with one attached hydrogen (secondary N) is 1. The highest BCUT2D eigenvalue weighted by Gasteiger charge is 2.14. The van der Waals surface area contributed by atoms with Gasteiger partial charge in [-0.15, -0.1) is 17.9 Å². The summed E-state index contributed by atoms with van der Waals surface area (Å²) < 4.78 is 0. The molecule has 0 aliphatic heterocycles. The van der Waals surface area contributed by atoms with Gasteiger partial charge in [0.15, 0.2) is 0 Å². The van der Waals surface area contributed by atoms with Gasteiger partial charge in [0.2, 0.25) is 5.91 Å². The Morgan fingerprint density at radius 3 is 2.79 bits per heavy atom. The van der Waals surface area contributed by atoms with Crippen LogP contribution in [0.5, 0.6) is 0 Å². The van der Waals surface area contributed by atoms with Gasteiger partial charge in [-0.2, -0.15) is 0 Å². The molecule has 5 heteroatoms. The Labute approximate surface area is 146 Å². The first-order valence-electron chi connectivity index (χ1n) is 7.86. The van der Waals surface area contributed by atoms with Crippen molar-refractivity contribution in [1.82, 2.24) is 10.2 Å². The van der Waals surface area contributed by atoms with Crippen LogP contribution in [0.3, 0.4) is 0 Å². The maximum absolute atomic E-state index is 12.4. The summed E-state index contributed by atoms with van der Waals surface area (Å²) in [6.45, 7) is 7.05. The molecule has 24 heavy (non-hydrogen) atoms. The van der Waals surface area contributed by atoms with Crippen molar-refractivity contribution in [1.29, 1.82) is 0 Å². The van der Waals surface area contributed by atoms with Gasteiger partial charge in [0.1, 0.15) is 0 Å². The van der Waals surface area contributed by atoms with Crippen molar-refractivity contribution in [3.63, 3.8) is 0 Å². The van der Waals surface area contributed by atoms with Crippen LogP contribution in [0.25, 0.3) is 0 Å². The maximum Gasteiger partial charge on any atom is 0.251 e. The van der Waals surface area contributed by atoms with E-state index in [1.807, 2.05) is 42.6 Å². The fourth-order valence-electron chi connectivity index (χ4n) is 2.33. The lowest BCUT2D eigenvalue weighted by Crippen LogP contribution is -2.34. The van der Waals surface area contributed by atoms with Crippen LogP contribution >= 0.6 is 11.3 Å². The van der Waals surface area contributed by atoms with Crippen LogP contribution in [0.15, 0.2) is 54.4 Å². The molecule has 0 saturated carbocycles. The normalized spacial score (nSPS) is 10.2. The summed E-state index contributed by atoms with van der Waals surface area (Å²) in [7, 11) is 0. The van der Waals surface area contributed by atoms with Crippen molar-refractivity contribution in [2.24, 2.45) is 0 Å². The number of nitrogens with zero attached hydrogens (tertiary/aromatic N) is 1. The second kappa shape index (κ2) is 9.03. The second-order valence-electron chi connectivity index (χ2n) is 5.52. The summed E-state index contributed by atoms with van der Waals surface area (Å²) in [5.41, 5.74) is 1.65. The van der Waals surface area contributed by atoms with E-state index in [9.17, 15) is 9.59 Å². The summed E-state index contributed by atoms with van der Waals surface area (Å²) in [4.78, 5) is 27.3. The molecule has 0 atom stereocenters. The minimum absolute atomic E-state index is 0.00726. The molecule has 2 aromatic rings. The molecule has 1 heterocycles. The predicted molar refractivity (Wildman–Crippen MR) is 98.1 cm³/mol. The molecule has 2 rings (SSSR count). The Kier molecular flexibility index (Phi) is 6.75. The quantitative estimate of drug-likeness (QED) is 0.748. The number of carbonyl (C=O) groups excluding carboxylic acids is 2. The van der Waals surface area contributed by atoms with Crippen LogP contribution in [-0.4, -0.2) is 29.8 Å². The molecule has 2 amide bonds. The van der Waals surface area contributed by atoms with Gasteiger partial charge in [-0.05, 0) is 30.5 Å². The average molecular weight is 342 g/mol. The summed E-state index contributed by atoms with van der Waals surface area (Å²) in [6, 6.07) is 11.4. The van der Waals surface area contributed by atoms with Crippen molar-refractivity contribution in [3.05, 3.63) is 70.4 Å². The number of rotatable bonds is 8. The van der Waals surface area contributed by atoms with Crippen LogP contribution in [0.4, 0.5) is 0 Å². The van der Waals surface area contributed by atoms with Gasteiger partial charge in [0.25, 0.3) is 5.91 Å². The first-order valence-corrected chi connectivity index (χ1v) is 8.74. The lowest BCUT2D eigenvalue weighted by molar-refractivity contribution is -0.131. The molecule has 0 aliphatic rings. The molecule has 0 unspecified atom stereocenters. The molecule has 1 aromatic carbocycles. The van der Waals surface area contributed by atoms with E-state index in [1.165, 1.54) is 0 Å². The molecular formula is C19H22N2O2S. The molecule has 0 saturated heterocycles. The summed E-state index contributed by atoms with van der Waals surface area (Å²) in [6.07, 6.45) is 1.99. The van der Waals surface area contributed by atoms with E-state index in [1.54, 1.807) is 28.4 Å². The molecule has 0 spiro atoms. The third-order valence-electron chi connectivity index (χ3n) is 3.53. The number of amides is 2. The van der Waals surface area contributed by atoms with Gasteiger partial charge in [-0.3, -0.25) is 9.59 Å². The number of carbonyl (C=O) groups is 2. The van der Waals surface area contributed by atoms with E-state index in [-0.39, 0.29) is 18.2 Å². The summed E-state index contributed by atoms with van der Waals surface area (Å²) in [5, 5.41) is 4.80. The SMILES string of the molecule is C=CCN(Cc1cccs1)C(=O)CCNC(=O)c1cccc(C)c1. The van der Waals surface area contributed by atoms with Crippen LogP contribution in [0, 0.1) is 6.92 Å². The lowest BCUT2D eigenvalue weighted by atomic mass is 10.1. The number of hydrogen-bond acceptors (Lipinski definition) is 3. The van der Waals surface area contributed by atoms with Crippen molar-refractivity contribution in [2.75, 3.05) is 13.1 Å². The molecule has 1 aromatic heterocycles. The highest BCUT2D eigenvalue weighted by atomic mass is 32.1. The summed E-state index contributed by atoms with van der Waals surface area (Å²) in [5.74, 6) is -0.145. The standard InChI is InChI=1S/C19H22N2O2S/c1-3-11-21(14-17-8-5-12-24-17)18(22)9-10-20-19(23)16-7-4-6-15(2)13-16/h3-8,12-13H,1,9-11,14H2,2H3,(H,20,23). The Balaban J connectivity index is 1.84. The topological polar surface area (TPSA) is 49.4 Å². The molecule has 0 radical (unpaired) electrons. The Hall–Kier alpha value is -2.40. The maximum atomic E-state index is 12.4. The Morgan fingerprint density at radius 1 is 1.29 bits per heavy atom. The van der Waals surface area contributed by atoms with E-state index in [0.717, 1.165) is 10.4 Å². The zero-order chi connectivity index (χ0) is 17.4. The van der Waals surface area contributed by atoms with Crippen molar-refractivity contribution >= 4 is 23.2 Å². The monoisotopic (exact) mass is 342 g/mol. The highest BCUT2D eigenvalue weighted by molar-refractivity contribution is 7.09. The molecular weight excluding hydrogens is 320 g/mol. The van der Waals surface area contributed by atoms with Gasteiger partial charge < -0.3 is 10.2 Å². The third-order valence-corrected chi connectivity index (χ3v) is 4.39. The molecule has 0 fully saturated rings. The van der Waals surface area contributed by atoms with Gasteiger partial charge >= 0.3 is 0 Å². The number of thiophene rings is 1. The molecule has 1 N–H and O–H groups in total. The fraction of sp³-hybridized carbons (Fsp3) is 0.263. The smallest absolute Gasteiger partial charge is 0.251 e. The van der Waals surface area contributed by atoms with Crippen LogP contribution in [0.2, 0.25) is 0 Å². The van der Waals surface area contributed by atoms with Crippen molar-refractivity contribution in [3.8, 4) is 0 Å². The third kappa shape index (κ3) is 5.35. The van der Waals surface area contributed by atoms with Gasteiger partial charge in [0, 0.05) is 30.0 Å². The number of benzene rings is 1. The predicted octanol–water partition coefficient (Wildman–Crippen LogP) is 3.39. The van der Waals surface area contributed by atoms with Gasteiger partial charge in [0.05, 0.1) is 6.54 Å². The number of hydrogen-bond donors (Lipinski definition) is 1. The van der Waals surface area contributed by atoms with E-state index in [0.29, 0.717) is 25.2 Å². The van der Waals surface area contributed by atoms with E-state index < -0.39 is 0 Å². The molecule has 126 valence electrons. The summed E-state index contributed by atoms with van der Waals surface area (Å²) >= 11 is 1.62. The fourth-order valence-corrected chi connectivity index (χ4v) is 3.05. The first-order chi connectivity index (χ1) is 11.6. The van der Waals surface area contributed by atoms with E-state index in [2.05, 4.69) is 11.9 Å². The molecule has 0 aliphatic carbocycles. The van der Waals surface area contributed by atoms with E-state index in [4.69, 9.17) is 0 Å². The minimum Gasteiger partial charge on any atom is -0.352 e. The van der Waals surface area contributed by atoms with Gasteiger partial charge in [-0.25, -0.2) is 0 Å². The largest absolute Gasteiger partial charge is 0.352 e. The van der Waals surface area contributed by atoms with Crippen molar-refractivity contribution < 1.29 is 9.59 Å². The van der Waals surface area contributed by atoms with Crippen LogP contribution in [-0.2, 0) is 11.3 Å². The molecule has 4 nitrogen and oxygen atoms in total. The number of aryl methyl sites for hydroxylation is 1. The zero-order valence-corrected chi connectivity index (χ0v) is 14.6. The van der Waals surface area contributed by atoms with Crippen LogP contribution in [0.1, 0.15) is 27.2 Å². The van der Waals surface area contributed by atoms with Crippen LogP contribution < -0.4 is 5.32 Å². The first kappa shape index (κ1) is 17.9. The van der Waals surface area contributed by atoms with E-state index >= 15 is 0 Å².